The van der Waals surface area contributed by atoms with Crippen LogP contribution in [-0.2, 0) is 6.54 Å². The van der Waals surface area contributed by atoms with Crippen LogP contribution >= 0.6 is 0 Å². The first-order valence-corrected chi connectivity index (χ1v) is 8.07. The number of aliphatic hydroxyl groups is 1. The van der Waals surface area contributed by atoms with Crippen LogP contribution in [-0.4, -0.2) is 29.9 Å². The highest BCUT2D eigenvalue weighted by Gasteiger charge is 2.34. The summed E-state index contributed by atoms with van der Waals surface area (Å²) < 4.78 is 5.65. The van der Waals surface area contributed by atoms with E-state index in [0.29, 0.717) is 19.7 Å². The molecule has 1 saturated carbocycles. The number of urea groups is 1. The molecule has 1 aliphatic carbocycles. The number of amides is 2. The number of hydrogen-bond donors (Lipinski definition) is 3. The fraction of sp³-hybridized carbons (Fsp3) is 0.588. The third-order valence-electron chi connectivity index (χ3n) is 3.98. The Bertz CT molecular complexity index is 487. The number of nitrogens with one attached hydrogen (secondary N) is 2. The molecule has 2 amide bonds. The second-order valence-electron chi connectivity index (χ2n) is 5.96. The lowest BCUT2D eigenvalue weighted by molar-refractivity contribution is -0.0290. The average molecular weight is 306 g/mol. The molecular formula is C17H26N2O3. The van der Waals surface area contributed by atoms with Crippen molar-refractivity contribution in [3.63, 3.8) is 0 Å². The van der Waals surface area contributed by atoms with E-state index in [2.05, 4.69) is 17.6 Å². The first kappa shape index (κ1) is 16.6. The van der Waals surface area contributed by atoms with Crippen LogP contribution in [0.4, 0.5) is 4.79 Å². The van der Waals surface area contributed by atoms with E-state index < -0.39 is 5.60 Å². The molecule has 5 nitrogen and oxygen atoms in total. The molecule has 1 aliphatic rings. The minimum Gasteiger partial charge on any atom is -0.494 e. The summed E-state index contributed by atoms with van der Waals surface area (Å²) in [5.41, 5.74) is 0.302. The zero-order valence-electron chi connectivity index (χ0n) is 13.2. The van der Waals surface area contributed by atoms with Crippen LogP contribution < -0.4 is 15.4 Å². The highest BCUT2D eigenvalue weighted by molar-refractivity contribution is 5.73. The number of carbonyl (C=O) groups excluding carboxylic acids is 1. The summed E-state index contributed by atoms with van der Waals surface area (Å²) in [4.78, 5) is 11.7. The van der Waals surface area contributed by atoms with Gasteiger partial charge in [0.2, 0.25) is 0 Å². The van der Waals surface area contributed by atoms with Crippen LogP contribution in [0.5, 0.6) is 5.75 Å². The van der Waals surface area contributed by atoms with Crippen molar-refractivity contribution in [1.29, 1.82) is 0 Å². The Balaban J connectivity index is 1.71. The third kappa shape index (κ3) is 5.22. The highest BCUT2D eigenvalue weighted by atomic mass is 16.5. The minimum absolute atomic E-state index is 0.252. The van der Waals surface area contributed by atoms with E-state index in [-0.39, 0.29) is 6.03 Å². The molecule has 0 aliphatic heterocycles. The van der Waals surface area contributed by atoms with Gasteiger partial charge < -0.3 is 20.5 Å². The van der Waals surface area contributed by atoms with Gasteiger partial charge in [-0.05, 0) is 43.4 Å². The fourth-order valence-electron chi connectivity index (χ4n) is 2.33. The lowest BCUT2D eigenvalue weighted by Gasteiger charge is -2.36. The van der Waals surface area contributed by atoms with Crippen LogP contribution in [0, 0.1) is 0 Å². The topological polar surface area (TPSA) is 70.6 Å². The van der Waals surface area contributed by atoms with Crippen molar-refractivity contribution in [3.05, 3.63) is 29.8 Å². The first-order chi connectivity index (χ1) is 10.6. The molecule has 22 heavy (non-hydrogen) atoms. The number of ether oxygens (including phenoxy) is 1. The molecule has 0 atom stereocenters. The Kier molecular flexibility index (Phi) is 6.07. The Labute approximate surface area is 132 Å². The average Bonchev–Trinajstić information content (AvgIpc) is 2.50. The number of carbonyl (C=O) groups is 1. The van der Waals surface area contributed by atoms with Crippen molar-refractivity contribution in [3.8, 4) is 5.75 Å². The summed E-state index contributed by atoms with van der Waals surface area (Å²) in [6.07, 6.45) is 4.71. The molecule has 1 aromatic carbocycles. The summed E-state index contributed by atoms with van der Waals surface area (Å²) in [6.45, 7) is 3.60. The van der Waals surface area contributed by atoms with E-state index in [4.69, 9.17) is 4.74 Å². The van der Waals surface area contributed by atoms with Gasteiger partial charge in [-0.15, -0.1) is 0 Å². The van der Waals surface area contributed by atoms with Gasteiger partial charge in [-0.25, -0.2) is 4.79 Å². The van der Waals surface area contributed by atoms with Crippen molar-refractivity contribution < 1.29 is 14.6 Å². The first-order valence-electron chi connectivity index (χ1n) is 8.07. The van der Waals surface area contributed by atoms with Gasteiger partial charge in [0.25, 0.3) is 0 Å². The zero-order chi connectivity index (χ0) is 15.8. The lowest BCUT2D eigenvalue weighted by atomic mass is 9.80. The van der Waals surface area contributed by atoms with Crippen molar-refractivity contribution in [2.75, 3.05) is 13.2 Å². The second kappa shape index (κ2) is 8.03. The van der Waals surface area contributed by atoms with Gasteiger partial charge >= 0.3 is 6.03 Å². The number of unbranched alkanes of at least 4 members (excludes halogenated alkanes) is 1. The summed E-state index contributed by atoms with van der Waals surface area (Å²) in [5.74, 6) is 0.830. The maximum Gasteiger partial charge on any atom is 0.315 e. The van der Waals surface area contributed by atoms with E-state index in [1.807, 2.05) is 24.3 Å². The second-order valence-corrected chi connectivity index (χ2v) is 5.96. The molecule has 0 aromatic heterocycles. The molecule has 122 valence electrons. The van der Waals surface area contributed by atoms with Crippen LogP contribution in [0.1, 0.15) is 44.6 Å². The third-order valence-corrected chi connectivity index (χ3v) is 3.98. The van der Waals surface area contributed by atoms with E-state index in [1.54, 1.807) is 0 Å². The highest BCUT2D eigenvalue weighted by Crippen LogP contribution is 2.30. The molecule has 2 rings (SSSR count). The van der Waals surface area contributed by atoms with Crippen molar-refractivity contribution in [2.45, 2.75) is 51.2 Å². The molecule has 0 saturated heterocycles. The normalized spacial score (nSPS) is 15.7. The number of rotatable bonds is 8. The maximum absolute atomic E-state index is 11.7. The standard InChI is InChI=1S/C17H26N2O3/c1-2-3-10-22-15-7-4-6-14(11-15)12-18-16(20)19-13-17(21)8-5-9-17/h4,6-7,11,21H,2-3,5,8-10,12-13H2,1H3,(H2,18,19,20). The van der Waals surface area contributed by atoms with Gasteiger partial charge in [-0.2, -0.15) is 0 Å². The molecule has 0 unspecified atom stereocenters. The summed E-state index contributed by atoms with van der Waals surface area (Å²) in [6, 6.07) is 7.48. The van der Waals surface area contributed by atoms with Crippen LogP contribution in [0.25, 0.3) is 0 Å². The number of benzene rings is 1. The molecule has 1 fully saturated rings. The quantitative estimate of drug-likeness (QED) is 0.647. The van der Waals surface area contributed by atoms with E-state index >= 15 is 0 Å². The molecule has 5 heteroatoms. The van der Waals surface area contributed by atoms with Gasteiger partial charge in [0.1, 0.15) is 5.75 Å². The van der Waals surface area contributed by atoms with Crippen molar-refractivity contribution in [2.24, 2.45) is 0 Å². The molecule has 1 aromatic rings. The van der Waals surface area contributed by atoms with Crippen molar-refractivity contribution >= 4 is 6.03 Å². The van der Waals surface area contributed by atoms with Gasteiger partial charge in [0.15, 0.2) is 0 Å². The van der Waals surface area contributed by atoms with Crippen molar-refractivity contribution in [1.82, 2.24) is 10.6 Å². The molecule has 3 N–H and O–H groups in total. The Morgan fingerprint density at radius 3 is 2.86 bits per heavy atom. The van der Waals surface area contributed by atoms with Gasteiger partial charge in [0.05, 0.1) is 12.2 Å². The van der Waals surface area contributed by atoms with Crippen LogP contribution in [0.3, 0.4) is 0 Å². The Morgan fingerprint density at radius 2 is 2.18 bits per heavy atom. The predicted molar refractivity (Wildman–Crippen MR) is 85.9 cm³/mol. The molecule has 0 radical (unpaired) electrons. The summed E-state index contributed by atoms with van der Waals surface area (Å²) in [5, 5.41) is 15.4. The Morgan fingerprint density at radius 1 is 1.36 bits per heavy atom. The van der Waals surface area contributed by atoms with Gasteiger partial charge in [0, 0.05) is 13.1 Å². The monoisotopic (exact) mass is 306 g/mol. The van der Waals surface area contributed by atoms with Crippen LogP contribution in [0.15, 0.2) is 24.3 Å². The summed E-state index contributed by atoms with van der Waals surface area (Å²) in [7, 11) is 0. The molecule has 0 heterocycles. The van der Waals surface area contributed by atoms with Gasteiger partial charge in [-0.1, -0.05) is 25.5 Å². The minimum atomic E-state index is -0.690. The number of hydrogen-bond acceptors (Lipinski definition) is 3. The van der Waals surface area contributed by atoms with E-state index in [0.717, 1.165) is 43.4 Å². The van der Waals surface area contributed by atoms with E-state index in [1.165, 1.54) is 0 Å². The lowest BCUT2D eigenvalue weighted by Crippen LogP contribution is -2.49. The van der Waals surface area contributed by atoms with Gasteiger partial charge in [-0.3, -0.25) is 0 Å². The zero-order valence-corrected chi connectivity index (χ0v) is 13.2. The predicted octanol–water partition coefficient (Wildman–Crippen LogP) is 2.58. The Hall–Kier alpha value is -1.75. The molecular weight excluding hydrogens is 280 g/mol. The van der Waals surface area contributed by atoms with Crippen LogP contribution in [0.2, 0.25) is 0 Å². The smallest absolute Gasteiger partial charge is 0.315 e. The molecule has 0 spiro atoms. The fourth-order valence-corrected chi connectivity index (χ4v) is 2.33. The molecule has 0 bridgehead atoms. The maximum atomic E-state index is 11.7. The summed E-state index contributed by atoms with van der Waals surface area (Å²) >= 11 is 0. The largest absolute Gasteiger partial charge is 0.494 e. The van der Waals surface area contributed by atoms with E-state index in [9.17, 15) is 9.90 Å². The SMILES string of the molecule is CCCCOc1cccc(CNC(=O)NCC2(O)CCC2)c1.